The molecular weight excluding hydrogens is 216 g/mol. The molecule has 0 unspecified atom stereocenters. The van der Waals surface area contributed by atoms with E-state index >= 15 is 0 Å². The van der Waals surface area contributed by atoms with Crippen LogP contribution >= 0.6 is 0 Å². The highest BCUT2D eigenvalue weighted by Crippen LogP contribution is 2.04. The van der Waals surface area contributed by atoms with Gasteiger partial charge in [-0.25, -0.2) is 12.7 Å². The molecule has 0 aromatic rings. The highest BCUT2D eigenvalue weighted by Gasteiger charge is 2.22. The molecule has 0 aromatic heterocycles. The lowest BCUT2D eigenvalue weighted by atomic mass is 10.4. The van der Waals surface area contributed by atoms with Crippen molar-refractivity contribution < 1.29 is 13.2 Å². The van der Waals surface area contributed by atoms with E-state index in [0.29, 0.717) is 26.3 Å². The van der Waals surface area contributed by atoms with Crippen molar-refractivity contribution in [1.82, 2.24) is 9.62 Å². The molecule has 0 saturated carbocycles. The minimum absolute atomic E-state index is 0.0981. The summed E-state index contributed by atoms with van der Waals surface area (Å²) >= 11 is 0. The van der Waals surface area contributed by atoms with Crippen LogP contribution in [0.5, 0.6) is 0 Å². The average molecular weight is 236 g/mol. The van der Waals surface area contributed by atoms with E-state index in [4.69, 9.17) is 4.74 Å². The predicted octanol–water partition coefficient (Wildman–Crippen LogP) is -0.352. The van der Waals surface area contributed by atoms with Crippen LogP contribution in [0.3, 0.4) is 0 Å². The van der Waals surface area contributed by atoms with Crippen molar-refractivity contribution in [1.29, 1.82) is 0 Å². The summed E-state index contributed by atoms with van der Waals surface area (Å²) in [4.78, 5) is 0. The van der Waals surface area contributed by atoms with Gasteiger partial charge < -0.3 is 10.1 Å². The fourth-order valence-electron chi connectivity index (χ4n) is 1.54. The van der Waals surface area contributed by atoms with Crippen LogP contribution in [0.4, 0.5) is 0 Å². The van der Waals surface area contributed by atoms with Gasteiger partial charge in [0.15, 0.2) is 0 Å². The largest absolute Gasteiger partial charge is 0.381 e. The van der Waals surface area contributed by atoms with Gasteiger partial charge in [0, 0.05) is 26.2 Å². The molecular formula is C9H20N2O3S. The zero-order chi connectivity index (χ0) is 11.1. The Morgan fingerprint density at radius 3 is 2.87 bits per heavy atom. The van der Waals surface area contributed by atoms with Crippen LogP contribution in [0.25, 0.3) is 0 Å². The van der Waals surface area contributed by atoms with Crippen LogP contribution in [0.15, 0.2) is 0 Å². The molecule has 90 valence electrons. The van der Waals surface area contributed by atoms with Crippen LogP contribution < -0.4 is 5.32 Å². The maximum absolute atomic E-state index is 11.8. The first-order valence-electron chi connectivity index (χ1n) is 5.43. The Bertz CT molecular complexity index is 259. The fourth-order valence-corrected chi connectivity index (χ4v) is 2.90. The van der Waals surface area contributed by atoms with Crippen LogP contribution in [0.2, 0.25) is 0 Å². The number of nitrogens with zero attached hydrogens (tertiary/aromatic N) is 1. The van der Waals surface area contributed by atoms with E-state index in [0.717, 1.165) is 19.5 Å². The second kappa shape index (κ2) is 6.42. The maximum atomic E-state index is 11.8. The van der Waals surface area contributed by atoms with E-state index in [1.807, 2.05) is 6.92 Å². The summed E-state index contributed by atoms with van der Waals surface area (Å²) in [5.41, 5.74) is 0. The molecule has 1 fully saturated rings. The van der Waals surface area contributed by atoms with Crippen molar-refractivity contribution in [2.24, 2.45) is 0 Å². The molecule has 0 bridgehead atoms. The summed E-state index contributed by atoms with van der Waals surface area (Å²) in [5.74, 6) is 0.0981. The van der Waals surface area contributed by atoms with Crippen molar-refractivity contribution in [2.75, 3.05) is 45.1 Å². The van der Waals surface area contributed by atoms with Gasteiger partial charge >= 0.3 is 0 Å². The van der Waals surface area contributed by atoms with Crippen LogP contribution in [-0.4, -0.2) is 57.9 Å². The smallest absolute Gasteiger partial charge is 0.216 e. The molecule has 0 aliphatic carbocycles. The van der Waals surface area contributed by atoms with Crippen molar-refractivity contribution in [3.05, 3.63) is 0 Å². The SMILES string of the molecule is CCOCCS(=O)(=O)N1CCCNCC1. The Morgan fingerprint density at radius 2 is 2.13 bits per heavy atom. The molecule has 1 aliphatic rings. The lowest BCUT2D eigenvalue weighted by Crippen LogP contribution is -2.36. The normalized spacial score (nSPS) is 20.1. The molecule has 1 aliphatic heterocycles. The minimum Gasteiger partial charge on any atom is -0.381 e. The summed E-state index contributed by atoms with van der Waals surface area (Å²) in [6.45, 7) is 5.57. The molecule has 5 nitrogen and oxygen atoms in total. The first-order chi connectivity index (χ1) is 7.17. The lowest BCUT2D eigenvalue weighted by molar-refractivity contribution is 0.162. The standard InChI is InChI=1S/C9H20N2O3S/c1-2-14-8-9-15(12,13)11-6-3-4-10-5-7-11/h10H,2-9H2,1H3. The van der Waals surface area contributed by atoms with E-state index in [2.05, 4.69) is 5.32 Å². The average Bonchev–Trinajstić information content (AvgIpc) is 2.46. The predicted molar refractivity (Wildman–Crippen MR) is 59.3 cm³/mol. The van der Waals surface area contributed by atoms with E-state index < -0.39 is 10.0 Å². The molecule has 0 atom stereocenters. The Labute approximate surface area is 91.8 Å². The zero-order valence-corrected chi connectivity index (χ0v) is 10.1. The molecule has 0 amide bonds. The summed E-state index contributed by atoms with van der Waals surface area (Å²) in [7, 11) is -3.11. The van der Waals surface area contributed by atoms with E-state index in [1.54, 1.807) is 4.31 Å². The summed E-state index contributed by atoms with van der Waals surface area (Å²) < 4.78 is 30.3. The van der Waals surface area contributed by atoms with Gasteiger partial charge in [-0.2, -0.15) is 0 Å². The van der Waals surface area contributed by atoms with Gasteiger partial charge in [0.1, 0.15) is 0 Å². The van der Waals surface area contributed by atoms with Gasteiger partial charge in [-0.3, -0.25) is 0 Å². The topological polar surface area (TPSA) is 58.6 Å². The monoisotopic (exact) mass is 236 g/mol. The number of rotatable bonds is 5. The molecule has 1 saturated heterocycles. The molecule has 0 spiro atoms. The van der Waals surface area contributed by atoms with Gasteiger partial charge in [0.05, 0.1) is 12.4 Å². The summed E-state index contributed by atoms with van der Waals surface area (Å²) in [5, 5.41) is 3.18. The van der Waals surface area contributed by atoms with E-state index in [1.165, 1.54) is 0 Å². The van der Waals surface area contributed by atoms with Crippen molar-refractivity contribution in [3.63, 3.8) is 0 Å². The highest BCUT2D eigenvalue weighted by molar-refractivity contribution is 7.89. The highest BCUT2D eigenvalue weighted by atomic mass is 32.2. The van der Waals surface area contributed by atoms with Crippen molar-refractivity contribution in [3.8, 4) is 0 Å². The third kappa shape index (κ3) is 4.46. The van der Waals surface area contributed by atoms with Gasteiger partial charge in [0.25, 0.3) is 0 Å². The van der Waals surface area contributed by atoms with Crippen molar-refractivity contribution >= 4 is 10.0 Å². The fraction of sp³-hybridized carbons (Fsp3) is 1.00. The second-order valence-corrected chi connectivity index (χ2v) is 5.60. The Hall–Kier alpha value is -0.170. The van der Waals surface area contributed by atoms with E-state index in [9.17, 15) is 8.42 Å². The first kappa shape index (κ1) is 12.9. The number of sulfonamides is 1. The number of ether oxygens (including phenoxy) is 1. The Kier molecular flexibility index (Phi) is 5.52. The van der Waals surface area contributed by atoms with Gasteiger partial charge in [-0.05, 0) is 19.9 Å². The first-order valence-corrected chi connectivity index (χ1v) is 7.04. The van der Waals surface area contributed by atoms with Crippen LogP contribution in [-0.2, 0) is 14.8 Å². The molecule has 0 radical (unpaired) electrons. The Balaban J connectivity index is 2.43. The third-order valence-corrected chi connectivity index (χ3v) is 4.22. The number of hydrogen-bond donors (Lipinski definition) is 1. The molecule has 1 N–H and O–H groups in total. The van der Waals surface area contributed by atoms with Crippen molar-refractivity contribution in [2.45, 2.75) is 13.3 Å². The minimum atomic E-state index is -3.11. The molecule has 1 rings (SSSR count). The molecule has 1 heterocycles. The van der Waals surface area contributed by atoms with Gasteiger partial charge in [-0.15, -0.1) is 0 Å². The van der Waals surface area contributed by atoms with Gasteiger partial charge in [-0.1, -0.05) is 0 Å². The molecule has 6 heteroatoms. The Morgan fingerprint density at radius 1 is 1.33 bits per heavy atom. The summed E-state index contributed by atoms with van der Waals surface area (Å²) in [6, 6.07) is 0. The molecule has 15 heavy (non-hydrogen) atoms. The van der Waals surface area contributed by atoms with Crippen LogP contribution in [0.1, 0.15) is 13.3 Å². The number of hydrogen-bond acceptors (Lipinski definition) is 4. The lowest BCUT2D eigenvalue weighted by Gasteiger charge is -2.19. The summed E-state index contributed by atoms with van der Waals surface area (Å²) in [6.07, 6.45) is 0.883. The van der Waals surface area contributed by atoms with Crippen LogP contribution in [0, 0.1) is 0 Å². The second-order valence-electron chi connectivity index (χ2n) is 3.52. The van der Waals surface area contributed by atoms with Gasteiger partial charge in [0.2, 0.25) is 10.0 Å². The maximum Gasteiger partial charge on any atom is 0.216 e. The third-order valence-electron chi connectivity index (χ3n) is 2.38. The molecule has 0 aromatic carbocycles. The quantitative estimate of drug-likeness (QED) is 0.663. The van der Waals surface area contributed by atoms with E-state index in [-0.39, 0.29) is 5.75 Å². The number of nitrogens with one attached hydrogen (secondary N) is 1. The zero-order valence-electron chi connectivity index (χ0n) is 9.24.